The highest BCUT2D eigenvalue weighted by Gasteiger charge is 2.30. The fourth-order valence-corrected chi connectivity index (χ4v) is 4.98. The van der Waals surface area contributed by atoms with Crippen LogP contribution in [0.5, 0.6) is 0 Å². The molecule has 4 rings (SSSR count). The van der Waals surface area contributed by atoms with Gasteiger partial charge in [0.05, 0.1) is 10.5 Å². The summed E-state index contributed by atoms with van der Waals surface area (Å²) >= 11 is 6.72. The molecule has 1 aliphatic carbocycles. The molecular weight excluding hydrogens is 432 g/mol. The zero-order valence-electron chi connectivity index (χ0n) is 17.9. The molecule has 32 heavy (non-hydrogen) atoms. The van der Waals surface area contributed by atoms with Crippen LogP contribution in [0.4, 0.5) is 4.79 Å². The summed E-state index contributed by atoms with van der Waals surface area (Å²) in [5, 5.41) is 20.9. The van der Waals surface area contributed by atoms with Crippen LogP contribution in [-0.4, -0.2) is 70.1 Å². The third-order valence-electron chi connectivity index (χ3n) is 6.37. The molecule has 0 radical (unpaired) electrons. The minimum absolute atomic E-state index is 0.0399. The van der Waals surface area contributed by atoms with Gasteiger partial charge in [-0.3, -0.25) is 15.2 Å². The van der Waals surface area contributed by atoms with Gasteiger partial charge in [-0.25, -0.2) is 4.79 Å². The van der Waals surface area contributed by atoms with E-state index in [9.17, 15) is 14.7 Å². The van der Waals surface area contributed by atoms with E-state index in [1.807, 2.05) is 13.0 Å². The number of guanidine groups is 1. The van der Waals surface area contributed by atoms with Crippen molar-refractivity contribution in [2.45, 2.75) is 32.2 Å². The zero-order chi connectivity index (χ0) is 23.0. The van der Waals surface area contributed by atoms with Gasteiger partial charge >= 0.3 is 6.09 Å². The fourth-order valence-electron chi connectivity index (χ4n) is 4.62. The normalized spacial score (nSPS) is 20.7. The first-order chi connectivity index (χ1) is 15.2. The summed E-state index contributed by atoms with van der Waals surface area (Å²) in [4.78, 5) is 32.3. The quantitative estimate of drug-likeness (QED) is 0.411. The van der Waals surface area contributed by atoms with Crippen molar-refractivity contribution in [2.24, 2.45) is 11.7 Å². The minimum Gasteiger partial charge on any atom is -0.465 e. The lowest BCUT2D eigenvalue weighted by atomic mass is 9.86. The van der Waals surface area contributed by atoms with Gasteiger partial charge in [0.1, 0.15) is 0 Å². The molecule has 170 valence electrons. The molecule has 1 aliphatic heterocycles. The lowest BCUT2D eigenvalue weighted by Crippen LogP contribution is -2.55. The molecule has 0 spiro atoms. The first kappa shape index (κ1) is 22.1. The first-order valence-electron chi connectivity index (χ1n) is 10.7. The third-order valence-corrected chi connectivity index (χ3v) is 6.81. The standard InChI is InChI=1S/C22H27ClN6O3/c1-12-11-28(22(31)32)6-7-29(12)20(30)14-3-5-16-18(9-14)27-17-8-13(10-26-21(24)25)2-4-15(17)19(16)23/h3,5,9,12-13H,2,4,6-8,10-11H2,1H3,(H,31,32)(H4,24,25,26)/t12-,13?/m0/s1. The average Bonchev–Trinajstić information content (AvgIpc) is 2.76. The molecule has 2 heterocycles. The van der Waals surface area contributed by atoms with Gasteiger partial charge in [-0.15, -0.1) is 0 Å². The van der Waals surface area contributed by atoms with Crippen molar-refractivity contribution in [1.29, 1.82) is 5.41 Å². The van der Waals surface area contributed by atoms with E-state index in [1.165, 1.54) is 4.90 Å². The number of hydrogen-bond acceptors (Lipinski definition) is 4. The zero-order valence-corrected chi connectivity index (χ0v) is 18.7. The Hall–Kier alpha value is -3.07. The molecule has 1 aromatic carbocycles. The molecule has 2 atom stereocenters. The van der Waals surface area contributed by atoms with E-state index < -0.39 is 6.09 Å². The number of piperazine rings is 1. The van der Waals surface area contributed by atoms with E-state index in [0.29, 0.717) is 48.2 Å². The summed E-state index contributed by atoms with van der Waals surface area (Å²) in [7, 11) is 0. The minimum atomic E-state index is -0.963. The fraction of sp³-hybridized carbons (Fsp3) is 0.455. The number of pyridine rings is 1. The number of benzene rings is 1. The maximum absolute atomic E-state index is 13.2. The average molecular weight is 459 g/mol. The second-order valence-corrected chi connectivity index (χ2v) is 8.94. The van der Waals surface area contributed by atoms with Crippen LogP contribution >= 0.6 is 11.6 Å². The number of nitrogens with two attached hydrogens (primary N) is 1. The Morgan fingerprint density at radius 1 is 1.38 bits per heavy atom. The summed E-state index contributed by atoms with van der Waals surface area (Å²) in [5.41, 5.74) is 8.58. The van der Waals surface area contributed by atoms with Gasteiger partial charge in [0.2, 0.25) is 0 Å². The van der Waals surface area contributed by atoms with Crippen LogP contribution < -0.4 is 11.1 Å². The molecule has 10 heteroatoms. The maximum Gasteiger partial charge on any atom is 0.407 e. The number of carbonyl (C=O) groups is 2. The number of aromatic nitrogens is 1. The van der Waals surface area contributed by atoms with E-state index in [2.05, 4.69) is 5.32 Å². The molecule has 0 bridgehead atoms. The second kappa shape index (κ2) is 8.82. The summed E-state index contributed by atoms with van der Waals surface area (Å²) in [6.45, 7) is 3.42. The largest absolute Gasteiger partial charge is 0.465 e. The van der Waals surface area contributed by atoms with Crippen molar-refractivity contribution in [2.75, 3.05) is 26.2 Å². The molecule has 2 amide bonds. The van der Waals surface area contributed by atoms with Gasteiger partial charge in [0.15, 0.2) is 5.96 Å². The van der Waals surface area contributed by atoms with Gasteiger partial charge in [0.25, 0.3) is 5.91 Å². The number of halogens is 1. The number of hydrogen-bond donors (Lipinski definition) is 4. The Kier molecular flexibility index (Phi) is 6.10. The molecule has 1 aromatic heterocycles. The van der Waals surface area contributed by atoms with Crippen LogP contribution in [0.15, 0.2) is 18.2 Å². The van der Waals surface area contributed by atoms with Crippen molar-refractivity contribution in [3.63, 3.8) is 0 Å². The number of fused-ring (bicyclic) bond motifs is 2. The van der Waals surface area contributed by atoms with Gasteiger partial charge in [-0.1, -0.05) is 17.7 Å². The van der Waals surface area contributed by atoms with Gasteiger partial charge < -0.3 is 26.0 Å². The van der Waals surface area contributed by atoms with E-state index in [0.717, 1.165) is 35.9 Å². The number of carbonyl (C=O) groups excluding carboxylic acids is 1. The number of carboxylic acid groups (broad SMARTS) is 1. The monoisotopic (exact) mass is 458 g/mol. The van der Waals surface area contributed by atoms with E-state index in [-0.39, 0.29) is 17.9 Å². The van der Waals surface area contributed by atoms with Crippen molar-refractivity contribution < 1.29 is 14.7 Å². The molecule has 2 aliphatic rings. The summed E-state index contributed by atoms with van der Waals surface area (Å²) in [5.74, 6) is 0.133. The Morgan fingerprint density at radius 3 is 2.84 bits per heavy atom. The lowest BCUT2D eigenvalue weighted by Gasteiger charge is -2.38. The molecule has 5 N–H and O–H groups in total. The molecule has 1 saturated heterocycles. The van der Waals surface area contributed by atoms with Gasteiger partial charge in [0, 0.05) is 48.9 Å². The van der Waals surface area contributed by atoms with Crippen molar-refractivity contribution in [1.82, 2.24) is 20.1 Å². The Balaban J connectivity index is 1.58. The predicted octanol–water partition coefficient (Wildman–Crippen LogP) is 2.30. The SMILES string of the molecule is C[C@H]1CN(C(=O)O)CCN1C(=O)c1ccc2c(Cl)c3c(nc2c1)CC(CNC(=N)N)CC3. The Bertz CT molecular complexity index is 1090. The van der Waals surface area contributed by atoms with Crippen LogP contribution in [-0.2, 0) is 12.8 Å². The topological polar surface area (TPSA) is 136 Å². The molecular formula is C22H27ClN6O3. The second-order valence-electron chi connectivity index (χ2n) is 8.56. The summed E-state index contributed by atoms with van der Waals surface area (Å²) in [6.07, 6.45) is 1.53. The number of nitrogens with zero attached hydrogens (tertiary/aromatic N) is 3. The molecule has 2 aromatic rings. The maximum atomic E-state index is 13.2. The molecule has 9 nitrogen and oxygen atoms in total. The Labute approximate surface area is 191 Å². The van der Waals surface area contributed by atoms with Gasteiger partial charge in [-0.05, 0) is 49.8 Å². The van der Waals surface area contributed by atoms with Crippen LogP contribution in [0.3, 0.4) is 0 Å². The Morgan fingerprint density at radius 2 is 2.16 bits per heavy atom. The summed E-state index contributed by atoms with van der Waals surface area (Å²) < 4.78 is 0. The van der Waals surface area contributed by atoms with Gasteiger partial charge in [-0.2, -0.15) is 0 Å². The van der Waals surface area contributed by atoms with Crippen LogP contribution in [0, 0.1) is 11.3 Å². The predicted molar refractivity (Wildman–Crippen MR) is 122 cm³/mol. The highest BCUT2D eigenvalue weighted by Crippen LogP contribution is 2.35. The highest BCUT2D eigenvalue weighted by atomic mass is 35.5. The van der Waals surface area contributed by atoms with E-state index in [1.54, 1.807) is 17.0 Å². The molecule has 0 saturated carbocycles. The van der Waals surface area contributed by atoms with Crippen LogP contribution in [0.1, 0.15) is 35.0 Å². The third kappa shape index (κ3) is 4.29. The van der Waals surface area contributed by atoms with Crippen LogP contribution in [0.25, 0.3) is 10.9 Å². The lowest BCUT2D eigenvalue weighted by molar-refractivity contribution is 0.0484. The summed E-state index contributed by atoms with van der Waals surface area (Å²) in [6, 6.07) is 5.18. The molecule has 1 fully saturated rings. The number of rotatable bonds is 3. The van der Waals surface area contributed by atoms with Crippen LogP contribution in [0.2, 0.25) is 5.02 Å². The van der Waals surface area contributed by atoms with Crippen molar-refractivity contribution in [3.05, 3.63) is 40.0 Å². The highest BCUT2D eigenvalue weighted by molar-refractivity contribution is 6.36. The smallest absolute Gasteiger partial charge is 0.407 e. The first-order valence-corrected chi connectivity index (χ1v) is 11.1. The van der Waals surface area contributed by atoms with Crippen molar-refractivity contribution >= 4 is 40.5 Å². The number of amides is 2. The van der Waals surface area contributed by atoms with E-state index >= 15 is 0 Å². The van der Waals surface area contributed by atoms with Crippen molar-refractivity contribution in [3.8, 4) is 0 Å². The van der Waals surface area contributed by atoms with E-state index in [4.69, 9.17) is 27.7 Å². The number of nitrogens with one attached hydrogen (secondary N) is 2. The molecule has 1 unspecified atom stereocenters.